The van der Waals surface area contributed by atoms with Crippen molar-refractivity contribution in [3.63, 3.8) is 0 Å². The molecule has 0 atom stereocenters. The first-order valence-corrected chi connectivity index (χ1v) is 6.22. The number of halogens is 1. The van der Waals surface area contributed by atoms with Crippen LogP contribution in [0.1, 0.15) is 21.5 Å². The lowest BCUT2D eigenvalue weighted by Gasteiger charge is -2.13. The minimum absolute atomic E-state index is 0.127. The second-order valence-electron chi connectivity index (χ2n) is 4.35. The third-order valence-electron chi connectivity index (χ3n) is 3.07. The molecule has 0 heterocycles. The highest BCUT2D eigenvalue weighted by Crippen LogP contribution is 2.20. The topological polar surface area (TPSA) is 81.1 Å². The van der Waals surface area contributed by atoms with Crippen LogP contribution in [0.25, 0.3) is 0 Å². The van der Waals surface area contributed by atoms with Gasteiger partial charge in [-0.1, -0.05) is 30.3 Å². The van der Waals surface area contributed by atoms with Crippen LogP contribution in [0.4, 0.5) is 10.1 Å². The highest BCUT2D eigenvalue weighted by Gasteiger charge is 2.13. The molecule has 0 bridgehead atoms. The quantitative estimate of drug-likeness (QED) is 0.779. The fourth-order valence-corrected chi connectivity index (χ4v) is 2.04. The Hall–Kier alpha value is -2.40. The number of nitrogens with two attached hydrogens (primary N) is 2. The Morgan fingerprint density at radius 2 is 1.80 bits per heavy atom. The lowest BCUT2D eigenvalue weighted by Crippen LogP contribution is -2.17. The van der Waals surface area contributed by atoms with Gasteiger partial charge in [0.05, 0.1) is 11.3 Å². The number of nitrogens with one attached hydrogen (secondary N) is 1. The van der Waals surface area contributed by atoms with Gasteiger partial charge in [0.2, 0.25) is 0 Å². The van der Waals surface area contributed by atoms with E-state index in [1.54, 1.807) is 6.07 Å². The first-order chi connectivity index (χ1) is 9.63. The van der Waals surface area contributed by atoms with Crippen molar-refractivity contribution in [2.45, 2.75) is 13.1 Å². The van der Waals surface area contributed by atoms with Crippen molar-refractivity contribution in [2.75, 3.05) is 5.32 Å². The van der Waals surface area contributed by atoms with Crippen LogP contribution < -0.4 is 16.8 Å². The minimum atomic E-state index is -0.794. The molecule has 5 heteroatoms. The molecule has 2 rings (SSSR count). The molecule has 20 heavy (non-hydrogen) atoms. The van der Waals surface area contributed by atoms with E-state index in [1.807, 2.05) is 24.3 Å². The maximum atomic E-state index is 13.6. The number of amides is 1. The molecule has 0 aliphatic heterocycles. The molecule has 0 aromatic heterocycles. The zero-order chi connectivity index (χ0) is 14.5. The van der Waals surface area contributed by atoms with Crippen LogP contribution in [0.5, 0.6) is 0 Å². The Morgan fingerprint density at radius 3 is 2.45 bits per heavy atom. The van der Waals surface area contributed by atoms with Gasteiger partial charge in [0.15, 0.2) is 0 Å². The van der Waals surface area contributed by atoms with E-state index < -0.39 is 11.7 Å². The molecule has 0 aliphatic rings. The number of rotatable bonds is 5. The summed E-state index contributed by atoms with van der Waals surface area (Å²) in [7, 11) is 0. The molecule has 0 saturated carbocycles. The van der Waals surface area contributed by atoms with Crippen molar-refractivity contribution in [1.29, 1.82) is 0 Å². The van der Waals surface area contributed by atoms with Gasteiger partial charge in [0.25, 0.3) is 5.91 Å². The summed E-state index contributed by atoms with van der Waals surface area (Å²) >= 11 is 0. The van der Waals surface area contributed by atoms with Crippen molar-refractivity contribution in [3.8, 4) is 0 Å². The van der Waals surface area contributed by atoms with Gasteiger partial charge in [0.1, 0.15) is 5.82 Å². The number of benzene rings is 2. The summed E-state index contributed by atoms with van der Waals surface area (Å²) in [5.74, 6) is -1.42. The summed E-state index contributed by atoms with van der Waals surface area (Å²) in [6.07, 6.45) is 0. The van der Waals surface area contributed by atoms with Crippen LogP contribution in [-0.2, 0) is 13.1 Å². The zero-order valence-corrected chi connectivity index (χ0v) is 10.9. The summed E-state index contributed by atoms with van der Waals surface area (Å²) in [5.41, 5.74) is 13.1. The Balaban J connectivity index is 2.23. The van der Waals surface area contributed by atoms with Crippen LogP contribution in [0.2, 0.25) is 0 Å². The second kappa shape index (κ2) is 6.16. The van der Waals surface area contributed by atoms with E-state index in [1.165, 1.54) is 12.1 Å². The van der Waals surface area contributed by atoms with E-state index in [-0.39, 0.29) is 5.56 Å². The number of carbonyl (C=O) groups is 1. The van der Waals surface area contributed by atoms with Gasteiger partial charge in [-0.15, -0.1) is 0 Å². The highest BCUT2D eigenvalue weighted by atomic mass is 19.1. The Bertz CT molecular complexity index is 628. The standard InChI is InChI=1S/C15H16FN3O/c16-12-6-3-7-13(14(12)15(18)20)19-9-11-5-2-1-4-10(11)8-17/h1-7,19H,8-9,17H2,(H2,18,20). The number of carbonyl (C=O) groups excluding carboxylic acids is 1. The van der Waals surface area contributed by atoms with E-state index in [0.717, 1.165) is 11.1 Å². The van der Waals surface area contributed by atoms with Crippen molar-refractivity contribution < 1.29 is 9.18 Å². The van der Waals surface area contributed by atoms with Gasteiger partial charge in [-0.3, -0.25) is 4.79 Å². The maximum Gasteiger partial charge on any atom is 0.253 e. The van der Waals surface area contributed by atoms with Gasteiger partial charge < -0.3 is 16.8 Å². The van der Waals surface area contributed by atoms with Gasteiger partial charge in [-0.05, 0) is 23.3 Å². The van der Waals surface area contributed by atoms with Gasteiger partial charge in [-0.25, -0.2) is 4.39 Å². The highest BCUT2D eigenvalue weighted by molar-refractivity contribution is 5.98. The molecular weight excluding hydrogens is 257 g/mol. The zero-order valence-electron chi connectivity index (χ0n) is 10.9. The maximum absolute atomic E-state index is 13.6. The second-order valence-corrected chi connectivity index (χ2v) is 4.35. The van der Waals surface area contributed by atoms with Gasteiger partial charge in [0, 0.05) is 13.1 Å². The fourth-order valence-electron chi connectivity index (χ4n) is 2.04. The minimum Gasteiger partial charge on any atom is -0.380 e. The Morgan fingerprint density at radius 1 is 1.10 bits per heavy atom. The molecule has 0 saturated heterocycles. The molecule has 2 aromatic rings. The predicted octanol–water partition coefficient (Wildman–Crippen LogP) is 2.00. The largest absolute Gasteiger partial charge is 0.380 e. The number of anilines is 1. The molecule has 0 fully saturated rings. The molecular formula is C15H16FN3O. The van der Waals surface area contributed by atoms with Gasteiger partial charge >= 0.3 is 0 Å². The lowest BCUT2D eigenvalue weighted by atomic mass is 10.1. The molecule has 2 aromatic carbocycles. The van der Waals surface area contributed by atoms with E-state index in [9.17, 15) is 9.18 Å². The smallest absolute Gasteiger partial charge is 0.253 e. The van der Waals surface area contributed by atoms with Crippen LogP contribution in [0, 0.1) is 5.82 Å². The SMILES string of the molecule is NCc1ccccc1CNc1cccc(F)c1C(N)=O. The third-order valence-corrected chi connectivity index (χ3v) is 3.07. The monoisotopic (exact) mass is 273 g/mol. The first-order valence-electron chi connectivity index (χ1n) is 6.22. The molecule has 104 valence electrons. The van der Waals surface area contributed by atoms with Crippen LogP contribution in [0.15, 0.2) is 42.5 Å². The summed E-state index contributed by atoms with van der Waals surface area (Å²) in [6, 6.07) is 12.0. The molecule has 0 spiro atoms. The van der Waals surface area contributed by atoms with Crippen molar-refractivity contribution >= 4 is 11.6 Å². The summed E-state index contributed by atoms with van der Waals surface area (Å²) in [6.45, 7) is 0.862. The van der Waals surface area contributed by atoms with Crippen molar-refractivity contribution in [1.82, 2.24) is 0 Å². The fraction of sp³-hybridized carbons (Fsp3) is 0.133. The first kappa shape index (κ1) is 14.0. The molecule has 4 nitrogen and oxygen atoms in total. The number of hydrogen-bond donors (Lipinski definition) is 3. The normalized spacial score (nSPS) is 10.3. The van der Waals surface area contributed by atoms with Crippen LogP contribution in [-0.4, -0.2) is 5.91 Å². The molecule has 0 radical (unpaired) electrons. The van der Waals surface area contributed by atoms with E-state index >= 15 is 0 Å². The van der Waals surface area contributed by atoms with E-state index in [2.05, 4.69) is 5.32 Å². The Labute approximate surface area is 116 Å². The van der Waals surface area contributed by atoms with E-state index in [4.69, 9.17) is 11.5 Å². The summed E-state index contributed by atoms with van der Waals surface area (Å²) in [5, 5.41) is 3.03. The van der Waals surface area contributed by atoms with Crippen LogP contribution >= 0.6 is 0 Å². The summed E-state index contributed by atoms with van der Waals surface area (Å²) < 4.78 is 13.6. The lowest BCUT2D eigenvalue weighted by molar-refractivity contribution is 0.0997. The molecule has 1 amide bonds. The molecule has 0 aliphatic carbocycles. The van der Waals surface area contributed by atoms with Crippen LogP contribution in [0.3, 0.4) is 0 Å². The van der Waals surface area contributed by atoms with Crippen molar-refractivity contribution in [3.05, 3.63) is 65.0 Å². The number of primary amides is 1. The summed E-state index contributed by atoms with van der Waals surface area (Å²) in [4.78, 5) is 11.3. The van der Waals surface area contributed by atoms with Crippen molar-refractivity contribution in [2.24, 2.45) is 11.5 Å². The predicted molar refractivity (Wildman–Crippen MR) is 76.6 cm³/mol. The Kier molecular flexibility index (Phi) is 4.32. The molecule has 0 unspecified atom stereocenters. The van der Waals surface area contributed by atoms with Gasteiger partial charge in [-0.2, -0.15) is 0 Å². The third kappa shape index (κ3) is 2.95. The van der Waals surface area contributed by atoms with E-state index in [0.29, 0.717) is 18.8 Å². The number of hydrogen-bond acceptors (Lipinski definition) is 3. The average molecular weight is 273 g/mol. The average Bonchev–Trinajstić information content (AvgIpc) is 2.45. The molecule has 5 N–H and O–H groups in total.